The fourth-order valence-corrected chi connectivity index (χ4v) is 1.98. The third-order valence-corrected chi connectivity index (χ3v) is 3.46. The Bertz CT molecular complexity index is 283. The summed E-state index contributed by atoms with van der Waals surface area (Å²) in [6.07, 6.45) is 1.07. The second-order valence-electron chi connectivity index (χ2n) is 4.04. The number of hydrogen-bond donors (Lipinski definition) is 1. The molecule has 0 saturated carbocycles. The van der Waals surface area contributed by atoms with Crippen molar-refractivity contribution >= 4 is 15.9 Å². The minimum absolute atomic E-state index is 0.577. The molecule has 0 saturated heterocycles. The topological polar surface area (TPSA) is 26.0 Å². The first-order valence-corrected chi connectivity index (χ1v) is 5.88. The molecule has 0 aromatic heterocycles. The van der Waals surface area contributed by atoms with Gasteiger partial charge < -0.3 is 5.73 Å². The minimum atomic E-state index is 0.577. The summed E-state index contributed by atoms with van der Waals surface area (Å²) in [6, 6.07) is 8.37. The Morgan fingerprint density at radius 1 is 1.29 bits per heavy atom. The van der Waals surface area contributed by atoms with E-state index in [1.807, 2.05) is 6.07 Å². The molecule has 1 atom stereocenters. The molecule has 1 rings (SSSR count). The molecule has 1 aromatic carbocycles. The van der Waals surface area contributed by atoms with E-state index < -0.39 is 0 Å². The summed E-state index contributed by atoms with van der Waals surface area (Å²) < 4.78 is 1.19. The molecule has 0 radical (unpaired) electrons. The summed E-state index contributed by atoms with van der Waals surface area (Å²) in [4.78, 5) is 0. The van der Waals surface area contributed by atoms with Crippen LogP contribution in [0.1, 0.15) is 19.4 Å². The van der Waals surface area contributed by atoms with Crippen LogP contribution in [0.25, 0.3) is 0 Å². The molecule has 0 amide bonds. The third-order valence-electron chi connectivity index (χ3n) is 2.69. The van der Waals surface area contributed by atoms with Gasteiger partial charge in [-0.1, -0.05) is 48.0 Å². The Labute approximate surface area is 94.8 Å². The van der Waals surface area contributed by atoms with Crippen LogP contribution in [-0.2, 0) is 6.42 Å². The van der Waals surface area contributed by atoms with Gasteiger partial charge in [-0.3, -0.25) is 0 Å². The molecule has 2 N–H and O–H groups in total. The lowest BCUT2D eigenvalue weighted by Gasteiger charge is -2.19. The second-order valence-corrected chi connectivity index (χ2v) is 4.89. The van der Waals surface area contributed by atoms with Gasteiger partial charge in [0.15, 0.2) is 0 Å². The van der Waals surface area contributed by atoms with Crippen molar-refractivity contribution < 1.29 is 0 Å². The molecule has 0 aliphatic heterocycles. The first kappa shape index (κ1) is 11.7. The molecule has 1 nitrogen and oxygen atoms in total. The van der Waals surface area contributed by atoms with E-state index in [4.69, 9.17) is 5.73 Å². The van der Waals surface area contributed by atoms with Crippen molar-refractivity contribution in [1.29, 1.82) is 0 Å². The lowest BCUT2D eigenvalue weighted by atomic mass is 9.89. The van der Waals surface area contributed by atoms with Crippen LogP contribution in [-0.4, -0.2) is 6.54 Å². The smallest absolute Gasteiger partial charge is 0.0207 e. The maximum absolute atomic E-state index is 5.76. The number of halogens is 1. The Morgan fingerprint density at radius 2 is 1.93 bits per heavy atom. The van der Waals surface area contributed by atoms with E-state index in [2.05, 4.69) is 48.0 Å². The van der Waals surface area contributed by atoms with Crippen molar-refractivity contribution in [2.24, 2.45) is 17.6 Å². The highest BCUT2D eigenvalue weighted by atomic mass is 79.9. The van der Waals surface area contributed by atoms with Crippen LogP contribution >= 0.6 is 15.9 Å². The maximum Gasteiger partial charge on any atom is 0.0207 e. The Balaban J connectivity index is 2.72. The highest BCUT2D eigenvalue weighted by Crippen LogP contribution is 2.22. The van der Waals surface area contributed by atoms with Crippen molar-refractivity contribution in [1.82, 2.24) is 0 Å². The molecule has 0 bridgehead atoms. The molecule has 0 fully saturated rings. The molecule has 0 aliphatic rings. The molecule has 78 valence electrons. The normalized spacial score (nSPS) is 13.2. The standard InChI is InChI=1S/C12H18BrN/c1-9(2)11(8-14)7-10-5-3-4-6-12(10)13/h3-6,9,11H,7-8,14H2,1-2H3. The van der Waals surface area contributed by atoms with Crippen LogP contribution in [0.5, 0.6) is 0 Å². The molecule has 14 heavy (non-hydrogen) atoms. The number of hydrogen-bond acceptors (Lipinski definition) is 1. The van der Waals surface area contributed by atoms with Crippen LogP contribution < -0.4 is 5.73 Å². The van der Waals surface area contributed by atoms with Gasteiger partial charge >= 0.3 is 0 Å². The van der Waals surface area contributed by atoms with Crippen LogP contribution in [0, 0.1) is 11.8 Å². The van der Waals surface area contributed by atoms with E-state index >= 15 is 0 Å². The van der Waals surface area contributed by atoms with Gasteiger partial charge in [0.25, 0.3) is 0 Å². The fourth-order valence-electron chi connectivity index (χ4n) is 1.54. The molecule has 0 spiro atoms. The predicted molar refractivity (Wildman–Crippen MR) is 65.2 cm³/mol. The summed E-state index contributed by atoms with van der Waals surface area (Å²) in [5, 5.41) is 0. The summed E-state index contributed by atoms with van der Waals surface area (Å²) in [6.45, 7) is 5.22. The third kappa shape index (κ3) is 3.10. The summed E-state index contributed by atoms with van der Waals surface area (Å²) in [7, 11) is 0. The Morgan fingerprint density at radius 3 is 2.43 bits per heavy atom. The van der Waals surface area contributed by atoms with Gasteiger partial charge in [0.05, 0.1) is 0 Å². The van der Waals surface area contributed by atoms with E-state index in [0.29, 0.717) is 11.8 Å². The highest BCUT2D eigenvalue weighted by Gasteiger charge is 2.13. The molecule has 1 aromatic rings. The summed E-state index contributed by atoms with van der Waals surface area (Å²) in [5.74, 6) is 1.22. The van der Waals surface area contributed by atoms with Gasteiger partial charge in [0, 0.05) is 4.47 Å². The van der Waals surface area contributed by atoms with E-state index in [1.54, 1.807) is 0 Å². The monoisotopic (exact) mass is 255 g/mol. The van der Waals surface area contributed by atoms with Crippen molar-refractivity contribution in [3.8, 4) is 0 Å². The van der Waals surface area contributed by atoms with Crippen molar-refractivity contribution in [2.75, 3.05) is 6.54 Å². The van der Waals surface area contributed by atoms with E-state index in [0.717, 1.165) is 13.0 Å². The number of benzene rings is 1. The molecular formula is C12H18BrN. The van der Waals surface area contributed by atoms with Gasteiger partial charge in [-0.2, -0.15) is 0 Å². The molecular weight excluding hydrogens is 238 g/mol. The lowest BCUT2D eigenvalue weighted by molar-refractivity contribution is 0.391. The van der Waals surface area contributed by atoms with Crippen LogP contribution in [0.4, 0.5) is 0 Å². The summed E-state index contributed by atoms with van der Waals surface area (Å²) in [5.41, 5.74) is 7.11. The zero-order chi connectivity index (χ0) is 10.6. The van der Waals surface area contributed by atoms with Gasteiger partial charge in [-0.25, -0.2) is 0 Å². The number of nitrogens with two attached hydrogens (primary N) is 1. The van der Waals surface area contributed by atoms with E-state index in [9.17, 15) is 0 Å². The number of rotatable bonds is 4. The zero-order valence-electron chi connectivity index (χ0n) is 8.83. The van der Waals surface area contributed by atoms with Gasteiger partial charge in [0.2, 0.25) is 0 Å². The largest absolute Gasteiger partial charge is 0.330 e. The quantitative estimate of drug-likeness (QED) is 0.879. The first-order valence-electron chi connectivity index (χ1n) is 5.08. The van der Waals surface area contributed by atoms with Crippen LogP contribution in [0.3, 0.4) is 0 Å². The SMILES string of the molecule is CC(C)C(CN)Cc1ccccc1Br. The lowest BCUT2D eigenvalue weighted by Crippen LogP contribution is -2.22. The van der Waals surface area contributed by atoms with Gasteiger partial charge in [-0.05, 0) is 36.4 Å². The van der Waals surface area contributed by atoms with Crippen molar-refractivity contribution in [2.45, 2.75) is 20.3 Å². The Hall–Kier alpha value is -0.340. The molecule has 2 heteroatoms. The minimum Gasteiger partial charge on any atom is -0.330 e. The van der Waals surface area contributed by atoms with Crippen LogP contribution in [0.2, 0.25) is 0 Å². The first-order chi connectivity index (χ1) is 6.65. The second kappa shape index (κ2) is 5.52. The molecule has 1 unspecified atom stereocenters. The highest BCUT2D eigenvalue weighted by molar-refractivity contribution is 9.10. The fraction of sp³-hybridized carbons (Fsp3) is 0.500. The predicted octanol–water partition coefficient (Wildman–Crippen LogP) is 3.22. The average Bonchev–Trinajstić information content (AvgIpc) is 2.16. The van der Waals surface area contributed by atoms with Crippen LogP contribution in [0.15, 0.2) is 28.7 Å². The molecule has 0 aliphatic carbocycles. The average molecular weight is 256 g/mol. The van der Waals surface area contributed by atoms with Gasteiger partial charge in [0.1, 0.15) is 0 Å². The summed E-state index contributed by atoms with van der Waals surface area (Å²) >= 11 is 3.56. The van der Waals surface area contributed by atoms with Crippen molar-refractivity contribution in [3.05, 3.63) is 34.3 Å². The Kier molecular flexibility index (Phi) is 4.63. The van der Waals surface area contributed by atoms with E-state index in [-0.39, 0.29) is 0 Å². The van der Waals surface area contributed by atoms with E-state index in [1.165, 1.54) is 10.0 Å². The maximum atomic E-state index is 5.76. The van der Waals surface area contributed by atoms with Crippen molar-refractivity contribution in [3.63, 3.8) is 0 Å². The van der Waals surface area contributed by atoms with Gasteiger partial charge in [-0.15, -0.1) is 0 Å². The zero-order valence-corrected chi connectivity index (χ0v) is 10.4. The molecule has 0 heterocycles.